The first-order chi connectivity index (χ1) is 16.6. The first kappa shape index (κ1) is 21.5. The second-order valence-electron chi connectivity index (χ2n) is 7.18. The lowest BCUT2D eigenvalue weighted by atomic mass is 10.2. The number of aromatic nitrogens is 5. The van der Waals surface area contributed by atoms with Gasteiger partial charge in [-0.25, -0.2) is 10.1 Å². The molecule has 0 unspecified atom stereocenters. The molecule has 0 bridgehead atoms. The molecule has 0 radical (unpaired) electrons. The van der Waals surface area contributed by atoms with Gasteiger partial charge in [0.05, 0.1) is 11.9 Å². The Morgan fingerprint density at radius 3 is 2.82 bits per heavy atom. The molecule has 0 fully saturated rings. The van der Waals surface area contributed by atoms with Crippen molar-refractivity contribution in [1.29, 1.82) is 0 Å². The number of hydrogen-bond acceptors (Lipinski definition) is 11. The van der Waals surface area contributed by atoms with Gasteiger partial charge in [-0.3, -0.25) is 4.79 Å². The lowest BCUT2D eigenvalue weighted by molar-refractivity contribution is 0.0949. The Balaban J connectivity index is 1.36. The van der Waals surface area contributed by atoms with E-state index >= 15 is 0 Å². The summed E-state index contributed by atoms with van der Waals surface area (Å²) in [5, 5.41) is 19.4. The summed E-state index contributed by atoms with van der Waals surface area (Å²) in [5.74, 6) is 1.27. The van der Waals surface area contributed by atoms with Crippen molar-refractivity contribution in [2.24, 2.45) is 5.10 Å². The van der Waals surface area contributed by atoms with Gasteiger partial charge in [0.25, 0.3) is 5.91 Å². The highest BCUT2D eigenvalue weighted by Crippen LogP contribution is 2.32. The van der Waals surface area contributed by atoms with Crippen LogP contribution in [0.15, 0.2) is 57.1 Å². The average molecular weight is 478 g/mol. The fraction of sp³-hybridized carbons (Fsp3) is 0.143. The number of ether oxygens (including phenoxy) is 2. The maximum absolute atomic E-state index is 12.9. The number of fused-ring (bicyclic) bond motifs is 1. The van der Waals surface area contributed by atoms with Crippen LogP contribution in [-0.2, 0) is 5.75 Å². The molecular weight excluding hydrogens is 460 g/mol. The van der Waals surface area contributed by atoms with E-state index in [-0.39, 0.29) is 24.1 Å². The van der Waals surface area contributed by atoms with Crippen molar-refractivity contribution in [3.05, 3.63) is 65.0 Å². The standard InChI is InChI=1S/C21H18N8O4S/c1-12-2-5-14(6-3-12)34-10-15-18(24-28-29(15)20-19(22)26-33-27-20)21(30)25-23-9-13-4-7-16-17(8-13)32-11-31-16/h2-9H,10-11H2,1H3,(H2,22,26)(H,25,30)/b23-9+. The van der Waals surface area contributed by atoms with Gasteiger partial charge in [-0.2, -0.15) is 9.78 Å². The number of hydrazone groups is 1. The second kappa shape index (κ2) is 9.23. The van der Waals surface area contributed by atoms with Crippen molar-refractivity contribution in [2.75, 3.05) is 12.5 Å². The van der Waals surface area contributed by atoms with Gasteiger partial charge in [0.2, 0.25) is 18.4 Å². The molecular formula is C21H18N8O4S. The number of nitrogens with two attached hydrogens (primary N) is 1. The number of carbonyl (C=O) groups excluding carboxylic acids is 1. The van der Waals surface area contributed by atoms with Gasteiger partial charge in [0.1, 0.15) is 0 Å². The van der Waals surface area contributed by atoms with Gasteiger partial charge in [-0.1, -0.05) is 22.9 Å². The smallest absolute Gasteiger partial charge is 0.293 e. The van der Waals surface area contributed by atoms with Crippen molar-refractivity contribution in [3.8, 4) is 17.3 Å². The van der Waals surface area contributed by atoms with Crippen LogP contribution in [0.3, 0.4) is 0 Å². The molecule has 1 aliphatic rings. The molecule has 5 rings (SSSR count). The van der Waals surface area contributed by atoms with Crippen LogP contribution in [-0.4, -0.2) is 44.2 Å². The van der Waals surface area contributed by atoms with Gasteiger partial charge in [-0.15, -0.1) is 16.9 Å². The molecule has 2 aromatic heterocycles. The summed E-state index contributed by atoms with van der Waals surface area (Å²) in [7, 11) is 0. The van der Waals surface area contributed by atoms with Crippen molar-refractivity contribution in [2.45, 2.75) is 17.6 Å². The second-order valence-corrected chi connectivity index (χ2v) is 8.23. The molecule has 3 N–H and O–H groups in total. The van der Waals surface area contributed by atoms with Gasteiger partial charge in [0, 0.05) is 10.6 Å². The minimum Gasteiger partial charge on any atom is -0.454 e. The van der Waals surface area contributed by atoms with Gasteiger partial charge in [0.15, 0.2) is 17.2 Å². The molecule has 0 atom stereocenters. The van der Waals surface area contributed by atoms with Crippen LogP contribution < -0.4 is 20.6 Å². The minimum atomic E-state index is -0.544. The number of hydrogen-bond donors (Lipinski definition) is 2. The van der Waals surface area contributed by atoms with Crippen LogP contribution in [0.2, 0.25) is 0 Å². The van der Waals surface area contributed by atoms with Crippen LogP contribution in [0, 0.1) is 6.92 Å². The average Bonchev–Trinajstić information content (AvgIpc) is 3.57. The quantitative estimate of drug-likeness (QED) is 0.230. The molecule has 13 heteroatoms. The third kappa shape index (κ3) is 4.41. The number of benzene rings is 2. The summed E-state index contributed by atoms with van der Waals surface area (Å²) in [4.78, 5) is 13.9. The third-order valence-electron chi connectivity index (χ3n) is 4.85. The Labute approximate surface area is 197 Å². The number of nitrogens with zero attached hydrogens (tertiary/aromatic N) is 6. The van der Waals surface area contributed by atoms with E-state index in [1.54, 1.807) is 18.2 Å². The van der Waals surface area contributed by atoms with Crippen LogP contribution in [0.5, 0.6) is 11.5 Å². The molecule has 1 amide bonds. The lowest BCUT2D eigenvalue weighted by Crippen LogP contribution is -2.20. The highest BCUT2D eigenvalue weighted by Gasteiger charge is 2.24. The van der Waals surface area contributed by atoms with Crippen molar-refractivity contribution in [3.63, 3.8) is 0 Å². The number of carbonyl (C=O) groups is 1. The molecule has 172 valence electrons. The van der Waals surface area contributed by atoms with E-state index in [9.17, 15) is 4.79 Å². The van der Waals surface area contributed by atoms with E-state index in [1.165, 1.54) is 22.7 Å². The van der Waals surface area contributed by atoms with Gasteiger partial charge < -0.3 is 15.2 Å². The number of nitrogens with one attached hydrogen (secondary N) is 1. The van der Waals surface area contributed by atoms with Crippen molar-refractivity contribution >= 4 is 29.7 Å². The number of thioether (sulfide) groups is 1. The summed E-state index contributed by atoms with van der Waals surface area (Å²) in [6.45, 7) is 2.19. The molecule has 0 aliphatic carbocycles. The third-order valence-corrected chi connectivity index (χ3v) is 5.87. The van der Waals surface area contributed by atoms with E-state index in [2.05, 4.69) is 35.8 Å². The first-order valence-electron chi connectivity index (χ1n) is 10.0. The fourth-order valence-corrected chi connectivity index (χ4v) is 4.00. The van der Waals surface area contributed by atoms with Crippen molar-refractivity contribution < 1.29 is 18.9 Å². The zero-order valence-electron chi connectivity index (χ0n) is 17.8. The van der Waals surface area contributed by atoms with E-state index in [0.29, 0.717) is 22.9 Å². The van der Waals surface area contributed by atoms with E-state index in [1.807, 2.05) is 31.2 Å². The number of rotatable bonds is 7. The highest BCUT2D eigenvalue weighted by atomic mass is 32.2. The van der Waals surface area contributed by atoms with E-state index < -0.39 is 5.91 Å². The number of nitrogen functional groups attached to an aromatic ring is 1. The summed E-state index contributed by atoms with van der Waals surface area (Å²) < 4.78 is 16.7. The Morgan fingerprint density at radius 1 is 1.21 bits per heavy atom. The summed E-state index contributed by atoms with van der Waals surface area (Å²) >= 11 is 1.50. The maximum atomic E-state index is 12.9. The van der Waals surface area contributed by atoms with E-state index in [0.717, 1.165) is 16.0 Å². The number of aryl methyl sites for hydroxylation is 1. The zero-order chi connectivity index (χ0) is 23.5. The SMILES string of the molecule is Cc1ccc(SCc2c(C(=O)N/N=C/c3ccc4c(c3)OCO4)nnn2-c2nonc2N)cc1. The monoisotopic (exact) mass is 478 g/mol. The van der Waals surface area contributed by atoms with Crippen LogP contribution >= 0.6 is 11.8 Å². The molecule has 2 aromatic carbocycles. The topological polar surface area (TPSA) is 156 Å². The maximum Gasteiger partial charge on any atom is 0.293 e. The molecule has 1 aliphatic heterocycles. The lowest BCUT2D eigenvalue weighted by Gasteiger charge is -2.06. The number of anilines is 1. The Hall–Kier alpha value is -4.39. The summed E-state index contributed by atoms with van der Waals surface area (Å²) in [6.07, 6.45) is 1.49. The Bertz CT molecular complexity index is 1370. The molecule has 0 saturated carbocycles. The summed E-state index contributed by atoms with van der Waals surface area (Å²) in [6, 6.07) is 13.3. The predicted molar refractivity (Wildman–Crippen MR) is 122 cm³/mol. The molecule has 3 heterocycles. The summed E-state index contributed by atoms with van der Waals surface area (Å²) in [5.41, 5.74) is 10.7. The molecule has 0 saturated heterocycles. The predicted octanol–water partition coefficient (Wildman–Crippen LogP) is 2.33. The van der Waals surface area contributed by atoms with E-state index in [4.69, 9.17) is 15.2 Å². The normalized spacial score (nSPS) is 12.4. The largest absolute Gasteiger partial charge is 0.454 e. The van der Waals surface area contributed by atoms with Gasteiger partial charge in [-0.05, 0) is 53.1 Å². The molecule has 4 aromatic rings. The highest BCUT2D eigenvalue weighted by molar-refractivity contribution is 7.98. The Morgan fingerprint density at radius 2 is 2.03 bits per heavy atom. The molecule has 34 heavy (non-hydrogen) atoms. The van der Waals surface area contributed by atoms with Crippen LogP contribution in [0.25, 0.3) is 5.82 Å². The van der Waals surface area contributed by atoms with Crippen molar-refractivity contribution in [1.82, 2.24) is 30.7 Å². The minimum absolute atomic E-state index is 0.0271. The van der Waals surface area contributed by atoms with Gasteiger partial charge >= 0.3 is 0 Å². The number of amides is 1. The molecule has 12 nitrogen and oxygen atoms in total. The van der Waals surface area contributed by atoms with Crippen LogP contribution in [0.4, 0.5) is 5.82 Å². The first-order valence-corrected chi connectivity index (χ1v) is 11.0. The fourth-order valence-electron chi connectivity index (χ4n) is 3.11. The molecule has 0 spiro atoms. The van der Waals surface area contributed by atoms with Crippen LogP contribution in [0.1, 0.15) is 27.3 Å². The zero-order valence-corrected chi connectivity index (χ0v) is 18.7. The Kier molecular flexibility index (Phi) is 5.82.